The molecule has 0 radical (unpaired) electrons. The fourth-order valence-corrected chi connectivity index (χ4v) is 2.04. The Morgan fingerprint density at radius 1 is 0.783 bits per heavy atom. The first kappa shape index (κ1) is 21.2. The summed E-state index contributed by atoms with van der Waals surface area (Å²) in [4.78, 5) is 36.7. The van der Waals surface area contributed by atoms with E-state index in [4.69, 9.17) is 9.47 Å². The molecule has 0 heterocycles. The average Bonchev–Trinajstić information content (AvgIpc) is 2.32. The van der Waals surface area contributed by atoms with E-state index in [1.807, 2.05) is 0 Å². The Kier molecular flexibility index (Phi) is 7.54. The summed E-state index contributed by atoms with van der Waals surface area (Å²) in [6.45, 7) is 14.5. The van der Waals surface area contributed by atoms with Crippen molar-refractivity contribution in [3.05, 3.63) is 0 Å². The molecule has 0 unspecified atom stereocenters. The van der Waals surface area contributed by atoms with Crippen molar-refractivity contribution in [1.82, 2.24) is 10.0 Å². The SMILES string of the molecule is CCOC(=O)CC(=O)N(N(C(=O)OCC)C(C)(C)C)C(C)(C)C. The van der Waals surface area contributed by atoms with Crippen LogP contribution in [0, 0.1) is 0 Å². The maximum atomic E-state index is 12.6. The lowest BCUT2D eigenvalue weighted by molar-refractivity contribution is -0.173. The number of amides is 2. The highest BCUT2D eigenvalue weighted by atomic mass is 16.6. The molecular formula is C16H30N2O5. The minimum Gasteiger partial charge on any atom is -0.466 e. The molecule has 134 valence electrons. The summed E-state index contributed by atoms with van der Waals surface area (Å²) < 4.78 is 9.91. The molecule has 0 fully saturated rings. The number of esters is 1. The lowest BCUT2D eigenvalue weighted by Gasteiger charge is -2.48. The molecule has 0 bridgehead atoms. The van der Waals surface area contributed by atoms with Gasteiger partial charge in [-0.3, -0.25) is 9.59 Å². The molecule has 0 saturated heterocycles. The van der Waals surface area contributed by atoms with E-state index in [1.54, 1.807) is 55.4 Å². The summed E-state index contributed by atoms with van der Waals surface area (Å²) >= 11 is 0. The highest BCUT2D eigenvalue weighted by Gasteiger charge is 2.42. The van der Waals surface area contributed by atoms with E-state index < -0.39 is 35.5 Å². The Labute approximate surface area is 138 Å². The summed E-state index contributed by atoms with van der Waals surface area (Å²) in [6, 6.07) is 0. The van der Waals surface area contributed by atoms with Crippen molar-refractivity contribution in [2.24, 2.45) is 0 Å². The predicted molar refractivity (Wildman–Crippen MR) is 86.5 cm³/mol. The number of hydrogen-bond acceptors (Lipinski definition) is 5. The van der Waals surface area contributed by atoms with Crippen molar-refractivity contribution < 1.29 is 23.9 Å². The van der Waals surface area contributed by atoms with Crippen molar-refractivity contribution >= 4 is 18.0 Å². The van der Waals surface area contributed by atoms with Gasteiger partial charge in [0.1, 0.15) is 6.42 Å². The van der Waals surface area contributed by atoms with Gasteiger partial charge in [-0.15, -0.1) is 0 Å². The van der Waals surface area contributed by atoms with Crippen LogP contribution in [-0.2, 0) is 19.1 Å². The second kappa shape index (κ2) is 8.17. The van der Waals surface area contributed by atoms with Crippen LogP contribution in [0.5, 0.6) is 0 Å². The number of carbonyl (C=O) groups excluding carboxylic acids is 3. The van der Waals surface area contributed by atoms with Gasteiger partial charge in [0.2, 0.25) is 0 Å². The Hall–Kier alpha value is -1.79. The smallest absolute Gasteiger partial charge is 0.429 e. The van der Waals surface area contributed by atoms with Gasteiger partial charge in [-0.05, 0) is 55.4 Å². The van der Waals surface area contributed by atoms with E-state index in [0.29, 0.717) is 0 Å². The zero-order valence-electron chi connectivity index (χ0n) is 15.6. The monoisotopic (exact) mass is 330 g/mol. The molecule has 2 amide bonds. The Bertz CT molecular complexity index is 435. The van der Waals surface area contributed by atoms with Crippen LogP contribution in [-0.4, -0.2) is 52.3 Å². The third-order valence-electron chi connectivity index (χ3n) is 2.75. The molecule has 0 aliphatic carbocycles. The van der Waals surface area contributed by atoms with Gasteiger partial charge in [0, 0.05) is 0 Å². The zero-order chi connectivity index (χ0) is 18.4. The summed E-state index contributed by atoms with van der Waals surface area (Å²) in [5, 5.41) is 2.54. The van der Waals surface area contributed by atoms with E-state index in [2.05, 4.69) is 0 Å². The molecule has 0 aromatic carbocycles. The van der Waals surface area contributed by atoms with E-state index in [9.17, 15) is 14.4 Å². The number of rotatable bonds is 4. The van der Waals surface area contributed by atoms with Crippen LogP contribution in [0.2, 0.25) is 0 Å². The lowest BCUT2D eigenvalue weighted by Crippen LogP contribution is -2.64. The lowest BCUT2D eigenvalue weighted by atomic mass is 10.0. The van der Waals surface area contributed by atoms with Crippen molar-refractivity contribution in [3.63, 3.8) is 0 Å². The number of nitrogens with zero attached hydrogens (tertiary/aromatic N) is 2. The normalized spacial score (nSPS) is 11.7. The molecular weight excluding hydrogens is 300 g/mol. The average molecular weight is 330 g/mol. The molecule has 7 nitrogen and oxygen atoms in total. The van der Waals surface area contributed by atoms with Gasteiger partial charge >= 0.3 is 12.1 Å². The van der Waals surface area contributed by atoms with Crippen molar-refractivity contribution in [3.8, 4) is 0 Å². The number of hydrogen-bond donors (Lipinski definition) is 0. The molecule has 0 aromatic heterocycles. The molecule has 0 spiro atoms. The Balaban J connectivity index is 5.69. The molecule has 0 atom stereocenters. The van der Waals surface area contributed by atoms with E-state index >= 15 is 0 Å². The molecule has 23 heavy (non-hydrogen) atoms. The fourth-order valence-electron chi connectivity index (χ4n) is 2.04. The van der Waals surface area contributed by atoms with Crippen LogP contribution < -0.4 is 0 Å². The second-order valence-electron chi connectivity index (χ2n) is 7.04. The largest absolute Gasteiger partial charge is 0.466 e. The van der Waals surface area contributed by atoms with Crippen LogP contribution in [0.3, 0.4) is 0 Å². The molecule has 0 saturated carbocycles. The summed E-state index contributed by atoms with van der Waals surface area (Å²) in [6.07, 6.45) is -1.07. The van der Waals surface area contributed by atoms with Gasteiger partial charge in [0.25, 0.3) is 5.91 Å². The minimum atomic E-state index is -0.719. The second-order valence-corrected chi connectivity index (χ2v) is 7.04. The molecule has 0 N–H and O–H groups in total. The fraction of sp³-hybridized carbons (Fsp3) is 0.812. The maximum Gasteiger partial charge on any atom is 0.429 e. The van der Waals surface area contributed by atoms with Crippen LogP contribution in [0.15, 0.2) is 0 Å². The van der Waals surface area contributed by atoms with E-state index in [0.717, 1.165) is 0 Å². The molecule has 0 aromatic rings. The van der Waals surface area contributed by atoms with Gasteiger partial charge in [-0.1, -0.05) is 0 Å². The van der Waals surface area contributed by atoms with Gasteiger partial charge in [-0.2, -0.15) is 0 Å². The highest BCUT2D eigenvalue weighted by molar-refractivity contribution is 5.95. The van der Waals surface area contributed by atoms with Gasteiger partial charge in [0.05, 0.1) is 24.3 Å². The van der Waals surface area contributed by atoms with Crippen molar-refractivity contribution in [2.75, 3.05) is 13.2 Å². The Morgan fingerprint density at radius 2 is 1.22 bits per heavy atom. The molecule has 0 rings (SSSR count). The predicted octanol–water partition coefficient (Wildman–Crippen LogP) is 2.74. The number of hydrazine groups is 1. The molecule has 0 aliphatic rings. The van der Waals surface area contributed by atoms with E-state index in [1.165, 1.54) is 10.0 Å². The Morgan fingerprint density at radius 3 is 1.57 bits per heavy atom. The van der Waals surface area contributed by atoms with Crippen molar-refractivity contribution in [1.29, 1.82) is 0 Å². The van der Waals surface area contributed by atoms with Gasteiger partial charge in [-0.25, -0.2) is 14.8 Å². The maximum absolute atomic E-state index is 12.6. The van der Waals surface area contributed by atoms with Crippen LogP contribution >= 0.6 is 0 Å². The summed E-state index contributed by atoms with van der Waals surface area (Å²) in [5.74, 6) is -1.14. The zero-order valence-corrected chi connectivity index (χ0v) is 15.6. The third kappa shape index (κ3) is 6.46. The van der Waals surface area contributed by atoms with Gasteiger partial charge in [0.15, 0.2) is 0 Å². The van der Waals surface area contributed by atoms with Crippen LogP contribution in [0.4, 0.5) is 4.79 Å². The minimum absolute atomic E-state index is 0.190. The van der Waals surface area contributed by atoms with Crippen LogP contribution in [0.1, 0.15) is 61.8 Å². The number of carbonyl (C=O) groups is 3. The molecule has 0 aliphatic heterocycles. The van der Waals surface area contributed by atoms with E-state index in [-0.39, 0.29) is 13.2 Å². The summed E-state index contributed by atoms with van der Waals surface area (Å²) in [7, 11) is 0. The molecule has 7 heteroatoms. The number of ether oxygens (including phenoxy) is 2. The highest BCUT2D eigenvalue weighted by Crippen LogP contribution is 2.26. The standard InChI is InChI=1S/C16H30N2O5/c1-9-22-13(20)11-12(19)17(15(3,4)5)18(16(6,7)8)14(21)23-10-2/h9-11H2,1-8H3. The quantitative estimate of drug-likeness (QED) is 0.450. The first-order chi connectivity index (χ1) is 10.4. The topological polar surface area (TPSA) is 76.2 Å². The van der Waals surface area contributed by atoms with Crippen molar-refractivity contribution in [2.45, 2.75) is 72.9 Å². The van der Waals surface area contributed by atoms with Gasteiger partial charge < -0.3 is 9.47 Å². The van der Waals surface area contributed by atoms with Crippen LogP contribution in [0.25, 0.3) is 0 Å². The first-order valence-electron chi connectivity index (χ1n) is 7.81. The first-order valence-corrected chi connectivity index (χ1v) is 7.81. The summed E-state index contributed by atoms with van der Waals surface area (Å²) in [5.41, 5.74) is -1.42. The third-order valence-corrected chi connectivity index (χ3v) is 2.75.